The number of aliphatic hydroxyl groups excluding tert-OH is 7. The number of benzene rings is 2. The molecule has 13 atom stereocenters. The highest BCUT2D eigenvalue weighted by Gasteiger charge is 2.82. The number of ketones is 1. The first-order valence-corrected chi connectivity index (χ1v) is 28.8. The average molecular weight is 1220 g/mol. The molecular weight excluding hydrogens is 1150 g/mol. The third-order valence-electron chi connectivity index (χ3n) is 19.1. The second-order valence-electron chi connectivity index (χ2n) is 24.1. The number of aromatic hydroxyl groups is 3. The lowest BCUT2D eigenvalue weighted by Gasteiger charge is -2.62. The van der Waals surface area contributed by atoms with Crippen molar-refractivity contribution in [2.24, 2.45) is 17.3 Å². The van der Waals surface area contributed by atoms with Gasteiger partial charge >= 0.3 is 11.9 Å². The number of phenolic OH excluding ortho intramolecular Hbond substituents is 3. The highest BCUT2D eigenvalue weighted by Crippen LogP contribution is 2.63. The number of piperidine rings is 1. The van der Waals surface area contributed by atoms with Crippen LogP contribution in [0.25, 0.3) is 22.3 Å². The van der Waals surface area contributed by atoms with Crippen LogP contribution in [0.4, 0.5) is 0 Å². The number of aromatic amines is 1. The molecule has 26 nitrogen and oxygen atoms in total. The highest BCUT2D eigenvalue weighted by atomic mass is 16.8. The summed E-state index contributed by atoms with van der Waals surface area (Å²) in [6.07, 6.45) is -8.32. The fourth-order valence-corrected chi connectivity index (χ4v) is 14.4. The summed E-state index contributed by atoms with van der Waals surface area (Å²) < 4.78 is 32.9. The normalized spacial score (nSPS) is 33.6. The molecule has 3 saturated heterocycles. The minimum absolute atomic E-state index is 0.0188. The van der Waals surface area contributed by atoms with E-state index in [0.29, 0.717) is 29.8 Å². The van der Waals surface area contributed by atoms with E-state index in [0.717, 1.165) is 23.8 Å². The number of ether oxygens (including phenoxy) is 4. The minimum Gasteiger partial charge on any atom is -0.507 e. The summed E-state index contributed by atoms with van der Waals surface area (Å²) in [4.78, 5) is 61.0. The van der Waals surface area contributed by atoms with E-state index in [1.165, 1.54) is 12.1 Å². The molecule has 2 aliphatic carbocycles. The first kappa shape index (κ1) is 60.6. The van der Waals surface area contributed by atoms with Gasteiger partial charge in [-0.1, -0.05) is 49.7 Å². The zero-order valence-corrected chi connectivity index (χ0v) is 47.1. The molecule has 4 bridgehead atoms. The number of aromatic nitrogens is 1. The molecule has 4 fully saturated rings. The summed E-state index contributed by atoms with van der Waals surface area (Å²) in [6, 6.07) is 6.20. The molecule has 7 aliphatic heterocycles. The van der Waals surface area contributed by atoms with Crippen LogP contribution in [0.3, 0.4) is 0 Å². The van der Waals surface area contributed by atoms with Crippen molar-refractivity contribution in [2.45, 2.75) is 142 Å². The molecule has 9 aliphatic rings. The Kier molecular flexibility index (Phi) is 14.9. The van der Waals surface area contributed by atoms with Gasteiger partial charge in [0.1, 0.15) is 47.0 Å². The molecule has 88 heavy (non-hydrogen) atoms. The molecule has 26 heteroatoms. The van der Waals surface area contributed by atoms with E-state index in [1.54, 1.807) is 18.5 Å². The molecule has 1 saturated carbocycles. The standard InChI is InChI=1S/C62H65N3O23/c1-29-6-14-64-53-37(29)19-34(26-65-53)38-21-35-22-39-31(7-15-63-39)5-13-56(9-2-3-10-56)61(81)51(76)50(75)60(35,85-44-24-43-46(48(73)45(38)44)40(70)23-42(84-43)33-18-32(8-16-66)47(72)41(71)20-33)88-58(61)12-4-11-57(54(78)79)62(82,83)52(77)49(74)59(87-57,86-55(58)80)25-30(27-67)17-36(69)28-68/h7,15,18-21,23-24,26,29-30,38,49-53,63-68,71-77,81-83H,2-3,6,8-10,12,14,16-17,22,25,27-28H2,1H3,(H,78,79)/t29-,30+,38-,49+,50+,51+,52+,53?,57+,58+,59-,60-,61+/m0/s1. The van der Waals surface area contributed by atoms with E-state index in [4.69, 9.17) is 23.4 Å². The molecule has 466 valence electrons. The number of aliphatic carboxylic acids is 1. The topological polar surface area (TPSA) is 441 Å². The number of carboxylic acids is 1. The number of esters is 1. The third-order valence-corrected chi connectivity index (χ3v) is 19.1. The lowest BCUT2D eigenvalue weighted by molar-refractivity contribution is -0.435. The number of H-pyrrole nitrogens is 1. The molecule has 17 N–H and O–H groups in total. The maximum absolute atomic E-state index is 16.6. The Balaban J connectivity index is 1.17. The van der Waals surface area contributed by atoms with Crippen molar-refractivity contribution < 1.29 is 109 Å². The van der Waals surface area contributed by atoms with Crippen LogP contribution in [0.15, 0.2) is 80.8 Å². The number of carboxylic acid groups (broad SMARTS) is 1. The van der Waals surface area contributed by atoms with Crippen LogP contribution in [0.2, 0.25) is 0 Å². The third kappa shape index (κ3) is 8.76. The Morgan fingerprint density at radius 1 is 0.898 bits per heavy atom. The van der Waals surface area contributed by atoms with E-state index in [2.05, 4.69) is 39.3 Å². The second-order valence-corrected chi connectivity index (χ2v) is 24.1. The number of hydrogen-bond acceptors (Lipinski definition) is 24. The summed E-state index contributed by atoms with van der Waals surface area (Å²) in [6.45, 7) is 0.0509. The molecule has 0 radical (unpaired) electrons. The molecule has 9 heterocycles. The van der Waals surface area contributed by atoms with Gasteiger partial charge in [-0.3, -0.25) is 14.9 Å². The summed E-state index contributed by atoms with van der Waals surface area (Å²) >= 11 is 0. The minimum atomic E-state index is -4.12. The van der Waals surface area contributed by atoms with Crippen LogP contribution in [0, 0.1) is 40.9 Å². The Bertz CT molecular complexity index is 3870. The Labute approximate surface area is 499 Å². The van der Waals surface area contributed by atoms with Gasteiger partial charge in [-0.2, -0.15) is 0 Å². The van der Waals surface area contributed by atoms with Crippen molar-refractivity contribution in [3.63, 3.8) is 0 Å². The molecule has 13 rings (SSSR count). The number of hydrogen-bond donors (Lipinski definition) is 17. The number of phenols is 3. The van der Waals surface area contributed by atoms with Crippen LogP contribution < -0.4 is 20.8 Å². The van der Waals surface area contributed by atoms with E-state index in [9.17, 15) is 85.9 Å². The Morgan fingerprint density at radius 2 is 1.66 bits per heavy atom. The Hall–Kier alpha value is -7.64. The van der Waals surface area contributed by atoms with Crippen LogP contribution in [-0.4, -0.2) is 185 Å². The fraction of sp³-hybridized carbons (Fsp3) is 0.484. The van der Waals surface area contributed by atoms with E-state index in [1.807, 2.05) is 13.0 Å². The number of fused-ring (bicyclic) bond motifs is 6. The summed E-state index contributed by atoms with van der Waals surface area (Å²) in [7, 11) is 0. The van der Waals surface area contributed by atoms with E-state index < -0.39 is 178 Å². The number of Topliss-reactive ketones (excluding diaryl/α,β-unsaturated/α-hetero) is 1. The van der Waals surface area contributed by atoms with Gasteiger partial charge in [-0.05, 0) is 79.3 Å². The van der Waals surface area contributed by atoms with Gasteiger partial charge in [0.15, 0.2) is 40.5 Å². The lowest BCUT2D eigenvalue weighted by atomic mass is 9.55. The van der Waals surface area contributed by atoms with Crippen molar-refractivity contribution in [1.82, 2.24) is 15.6 Å². The van der Waals surface area contributed by atoms with Crippen molar-refractivity contribution in [3.05, 3.63) is 104 Å². The molecule has 1 unspecified atom stereocenters. The lowest BCUT2D eigenvalue weighted by Crippen LogP contribution is -2.84. The van der Waals surface area contributed by atoms with Crippen LogP contribution in [-0.2, 0) is 41.4 Å². The first-order chi connectivity index (χ1) is 41.8. The van der Waals surface area contributed by atoms with Gasteiger partial charge in [-0.15, -0.1) is 0 Å². The van der Waals surface area contributed by atoms with E-state index in [-0.39, 0.29) is 72.2 Å². The number of allylic oxidation sites excluding steroid dienone is 3. The predicted molar refractivity (Wildman–Crippen MR) is 300 cm³/mol. The molecule has 4 aromatic rings. The quantitative estimate of drug-likeness (QED) is 0.0286. The number of aliphatic hydroxyl groups is 10. The largest absolute Gasteiger partial charge is 0.507 e. The maximum atomic E-state index is 16.6. The van der Waals surface area contributed by atoms with Crippen molar-refractivity contribution in [2.75, 3.05) is 26.4 Å². The highest BCUT2D eigenvalue weighted by molar-refractivity contribution is 5.90. The van der Waals surface area contributed by atoms with Gasteiger partial charge in [-0.25, -0.2) is 9.59 Å². The van der Waals surface area contributed by atoms with Gasteiger partial charge < -0.3 is 105 Å². The molecule has 2 aromatic carbocycles. The summed E-state index contributed by atoms with van der Waals surface area (Å²) in [5.74, 6) is -10.8. The SMILES string of the molecule is C[C@H]1CCNC2NC=C([C@@H]3C=C4Cc5[nH]ccc5C#CC5(CCCC5)[C@]5(O)[C@H](O)[C@@H](O)[C@@]4(Oc4cc6oc(-c7cc(O)c(O)c(CCO)c7)cc(=O)c6c(O)c43)O[C@@]53CC#C[C@]4(C(=O)O)O[C@](C[C@H](CO)CC(=O)CO)(OC3=O)[C@H](O)[C@@H](O)C4(O)O)C=C21. The maximum Gasteiger partial charge on any atom is 0.354 e. The van der Waals surface area contributed by atoms with Crippen molar-refractivity contribution in [1.29, 1.82) is 0 Å². The average Bonchev–Trinajstić information content (AvgIpc) is 1.10. The van der Waals surface area contributed by atoms with E-state index >= 15 is 4.79 Å². The van der Waals surface area contributed by atoms with Gasteiger partial charge in [0.25, 0.3) is 11.4 Å². The van der Waals surface area contributed by atoms with Gasteiger partial charge in [0.05, 0.1) is 18.0 Å². The first-order valence-electron chi connectivity index (χ1n) is 28.8. The zero-order valence-electron chi connectivity index (χ0n) is 47.1. The fourth-order valence-electron chi connectivity index (χ4n) is 14.4. The van der Waals surface area contributed by atoms with Crippen LogP contribution >= 0.6 is 0 Å². The zero-order chi connectivity index (χ0) is 62.8. The van der Waals surface area contributed by atoms with Gasteiger partial charge in [0.2, 0.25) is 17.2 Å². The predicted octanol–water partition coefficient (Wildman–Crippen LogP) is -0.849. The smallest absolute Gasteiger partial charge is 0.354 e. The molecular formula is C62H65N3O23. The van der Waals surface area contributed by atoms with Crippen molar-refractivity contribution >= 4 is 28.7 Å². The number of dihydropyridines is 1. The number of carbonyl (C=O) groups excluding carboxylic acids is 2. The van der Waals surface area contributed by atoms with Crippen molar-refractivity contribution in [3.8, 4) is 58.0 Å². The monoisotopic (exact) mass is 1220 g/mol. The number of carbonyl (C=O) groups is 3. The van der Waals surface area contributed by atoms with Gasteiger partial charge in [0, 0.05) is 96.4 Å². The Morgan fingerprint density at radius 3 is 2.38 bits per heavy atom. The summed E-state index contributed by atoms with van der Waals surface area (Å²) in [5.41, 5.74) is -12.5. The number of rotatable bonds is 11. The van der Waals surface area contributed by atoms with Crippen LogP contribution in [0.5, 0.6) is 23.0 Å². The molecule has 0 amide bonds. The summed E-state index contributed by atoms with van der Waals surface area (Å²) in [5, 5.41) is 171. The number of nitrogens with one attached hydrogen (secondary N) is 3. The second kappa shape index (κ2) is 21.6. The molecule has 2 aromatic heterocycles. The van der Waals surface area contributed by atoms with Crippen LogP contribution in [0.1, 0.15) is 86.6 Å². The molecule has 3 spiro atoms.